The fourth-order valence-electron chi connectivity index (χ4n) is 3.30. The van der Waals surface area contributed by atoms with E-state index < -0.39 is 0 Å². The lowest BCUT2D eigenvalue weighted by Gasteiger charge is -2.22. The zero-order valence-electron chi connectivity index (χ0n) is 15.8. The number of amides is 1. The summed E-state index contributed by atoms with van der Waals surface area (Å²) in [6.07, 6.45) is 6.39. The molecule has 1 saturated carbocycles. The van der Waals surface area contributed by atoms with Crippen molar-refractivity contribution in [3.05, 3.63) is 35.9 Å². The van der Waals surface area contributed by atoms with E-state index in [0.29, 0.717) is 23.4 Å². The normalized spacial score (nSPS) is 14.4. The van der Waals surface area contributed by atoms with Crippen molar-refractivity contribution in [3.63, 3.8) is 0 Å². The third-order valence-corrected chi connectivity index (χ3v) is 4.70. The molecule has 2 aromatic rings. The molecule has 1 aliphatic rings. The predicted molar refractivity (Wildman–Crippen MR) is 104 cm³/mol. The molecule has 0 unspecified atom stereocenters. The van der Waals surface area contributed by atoms with Gasteiger partial charge in [0, 0.05) is 6.04 Å². The van der Waals surface area contributed by atoms with Gasteiger partial charge in [-0.2, -0.15) is 0 Å². The Hall–Kier alpha value is -2.83. The Morgan fingerprint density at radius 3 is 2.37 bits per heavy atom. The monoisotopic (exact) mass is 370 g/mol. The number of anilines is 2. The summed E-state index contributed by atoms with van der Waals surface area (Å²) >= 11 is 0. The number of aromatic nitrogens is 2. The quantitative estimate of drug-likeness (QED) is 0.777. The lowest BCUT2D eigenvalue weighted by Crippen LogP contribution is -2.23. The summed E-state index contributed by atoms with van der Waals surface area (Å²) in [5.74, 6) is 2.26. The highest BCUT2D eigenvalue weighted by molar-refractivity contribution is 5.91. The number of carbonyl (C=O) groups is 1. The smallest absolute Gasteiger partial charge is 0.229 e. The van der Waals surface area contributed by atoms with Gasteiger partial charge < -0.3 is 20.1 Å². The van der Waals surface area contributed by atoms with Crippen LogP contribution in [-0.4, -0.2) is 36.4 Å². The van der Waals surface area contributed by atoms with Crippen LogP contribution in [0.4, 0.5) is 11.6 Å². The molecule has 27 heavy (non-hydrogen) atoms. The highest BCUT2D eigenvalue weighted by Crippen LogP contribution is 2.27. The third kappa shape index (κ3) is 5.32. The summed E-state index contributed by atoms with van der Waals surface area (Å²) in [5.41, 5.74) is 0.827. The van der Waals surface area contributed by atoms with Crippen LogP contribution in [0.2, 0.25) is 0 Å². The number of carbonyl (C=O) groups excluding carboxylic acids is 1. The molecule has 2 N–H and O–H groups in total. The van der Waals surface area contributed by atoms with Crippen LogP contribution < -0.4 is 20.1 Å². The molecule has 0 atom stereocenters. The zero-order valence-corrected chi connectivity index (χ0v) is 15.8. The van der Waals surface area contributed by atoms with Crippen molar-refractivity contribution in [1.29, 1.82) is 0 Å². The second-order valence-corrected chi connectivity index (χ2v) is 6.70. The molecule has 144 valence electrons. The van der Waals surface area contributed by atoms with E-state index in [-0.39, 0.29) is 12.3 Å². The molecule has 0 bridgehead atoms. The molecule has 0 radical (unpaired) electrons. The Morgan fingerprint density at radius 2 is 1.70 bits per heavy atom. The van der Waals surface area contributed by atoms with Crippen molar-refractivity contribution in [2.24, 2.45) is 0 Å². The number of rotatable bonds is 7. The van der Waals surface area contributed by atoms with Gasteiger partial charge in [0.2, 0.25) is 5.91 Å². The Kier molecular flexibility index (Phi) is 6.46. The van der Waals surface area contributed by atoms with E-state index >= 15 is 0 Å². The predicted octanol–water partition coefficient (Wildman–Crippen LogP) is 3.42. The van der Waals surface area contributed by atoms with Crippen molar-refractivity contribution in [3.8, 4) is 11.5 Å². The molecule has 1 aromatic heterocycles. The molecule has 0 aliphatic heterocycles. The van der Waals surface area contributed by atoms with E-state index in [1.54, 1.807) is 32.4 Å². The Labute approximate surface area is 159 Å². The van der Waals surface area contributed by atoms with Gasteiger partial charge in [0.05, 0.1) is 20.6 Å². The van der Waals surface area contributed by atoms with Gasteiger partial charge in [-0.25, -0.2) is 0 Å². The van der Waals surface area contributed by atoms with E-state index in [2.05, 4.69) is 20.8 Å². The molecule has 1 aromatic carbocycles. The number of ether oxygens (including phenoxy) is 2. The van der Waals surface area contributed by atoms with E-state index in [1.807, 2.05) is 12.1 Å². The average molecular weight is 370 g/mol. The van der Waals surface area contributed by atoms with Crippen LogP contribution in [0.25, 0.3) is 0 Å². The van der Waals surface area contributed by atoms with Crippen molar-refractivity contribution in [1.82, 2.24) is 10.2 Å². The van der Waals surface area contributed by atoms with Crippen molar-refractivity contribution in [2.45, 2.75) is 44.6 Å². The first-order valence-electron chi connectivity index (χ1n) is 9.29. The van der Waals surface area contributed by atoms with E-state index in [9.17, 15) is 4.79 Å². The molecule has 1 amide bonds. The molecular formula is C20H26N4O3. The van der Waals surface area contributed by atoms with Crippen LogP contribution in [0, 0.1) is 0 Å². The molecule has 3 rings (SSSR count). The van der Waals surface area contributed by atoms with Crippen LogP contribution in [-0.2, 0) is 11.2 Å². The van der Waals surface area contributed by atoms with Gasteiger partial charge in [0.1, 0.15) is 5.82 Å². The minimum atomic E-state index is -0.162. The van der Waals surface area contributed by atoms with Crippen molar-refractivity contribution in [2.75, 3.05) is 24.9 Å². The first-order valence-corrected chi connectivity index (χ1v) is 9.29. The largest absolute Gasteiger partial charge is 0.493 e. The summed E-state index contributed by atoms with van der Waals surface area (Å²) in [6, 6.07) is 9.51. The lowest BCUT2D eigenvalue weighted by molar-refractivity contribution is -0.115. The van der Waals surface area contributed by atoms with Crippen LogP contribution in [0.5, 0.6) is 11.5 Å². The zero-order chi connectivity index (χ0) is 19.1. The Morgan fingerprint density at radius 1 is 1.00 bits per heavy atom. The highest BCUT2D eigenvalue weighted by Gasteiger charge is 2.14. The number of nitrogens with one attached hydrogen (secondary N) is 2. The Balaban J connectivity index is 1.54. The molecular weight excluding hydrogens is 344 g/mol. The highest BCUT2D eigenvalue weighted by atomic mass is 16.5. The van der Waals surface area contributed by atoms with Crippen molar-refractivity contribution >= 4 is 17.5 Å². The molecule has 7 heteroatoms. The minimum Gasteiger partial charge on any atom is -0.493 e. The summed E-state index contributed by atoms with van der Waals surface area (Å²) in [6.45, 7) is 0. The maximum absolute atomic E-state index is 12.3. The SMILES string of the molecule is COc1ccc(CC(=O)Nc2ccc(NC3CCCCC3)nn2)cc1OC. The molecule has 1 fully saturated rings. The third-order valence-electron chi connectivity index (χ3n) is 4.70. The Bertz CT molecular complexity index is 758. The van der Waals surface area contributed by atoms with Crippen LogP contribution in [0.1, 0.15) is 37.7 Å². The van der Waals surface area contributed by atoms with E-state index in [0.717, 1.165) is 11.4 Å². The van der Waals surface area contributed by atoms with Gasteiger partial charge in [-0.3, -0.25) is 4.79 Å². The maximum Gasteiger partial charge on any atom is 0.229 e. The molecule has 1 heterocycles. The number of benzene rings is 1. The summed E-state index contributed by atoms with van der Waals surface area (Å²) in [7, 11) is 3.15. The second kappa shape index (κ2) is 9.21. The van der Waals surface area contributed by atoms with Gasteiger partial charge >= 0.3 is 0 Å². The average Bonchev–Trinajstić information content (AvgIpc) is 2.70. The summed E-state index contributed by atoms with van der Waals surface area (Å²) in [5, 5.41) is 14.5. The first kappa shape index (κ1) is 18.9. The molecule has 0 saturated heterocycles. The number of hydrogen-bond donors (Lipinski definition) is 2. The first-order chi connectivity index (χ1) is 13.2. The maximum atomic E-state index is 12.3. The molecule has 1 aliphatic carbocycles. The summed E-state index contributed by atoms with van der Waals surface area (Å²) < 4.78 is 10.5. The fourth-order valence-corrected chi connectivity index (χ4v) is 3.30. The van der Waals surface area contributed by atoms with Gasteiger partial charge in [-0.1, -0.05) is 25.3 Å². The standard InChI is InChI=1S/C20H26N4O3/c1-26-16-9-8-14(12-17(16)27-2)13-20(25)22-19-11-10-18(23-24-19)21-15-6-4-3-5-7-15/h8-12,15H,3-7,13H2,1-2H3,(H,21,23)(H,22,24,25). The van der Waals surface area contributed by atoms with Gasteiger partial charge in [-0.05, 0) is 42.7 Å². The number of hydrogen-bond acceptors (Lipinski definition) is 6. The van der Waals surface area contributed by atoms with Crippen LogP contribution in [0.15, 0.2) is 30.3 Å². The molecule has 7 nitrogen and oxygen atoms in total. The van der Waals surface area contributed by atoms with Gasteiger partial charge in [0.15, 0.2) is 17.3 Å². The second-order valence-electron chi connectivity index (χ2n) is 6.70. The van der Waals surface area contributed by atoms with E-state index in [4.69, 9.17) is 9.47 Å². The summed E-state index contributed by atoms with van der Waals surface area (Å²) in [4.78, 5) is 12.3. The fraction of sp³-hybridized carbons (Fsp3) is 0.450. The number of nitrogens with zero attached hydrogens (tertiary/aromatic N) is 2. The topological polar surface area (TPSA) is 85.4 Å². The van der Waals surface area contributed by atoms with Gasteiger partial charge in [-0.15, -0.1) is 10.2 Å². The lowest BCUT2D eigenvalue weighted by atomic mass is 9.95. The minimum absolute atomic E-state index is 0.162. The van der Waals surface area contributed by atoms with Gasteiger partial charge in [0.25, 0.3) is 0 Å². The van der Waals surface area contributed by atoms with Crippen LogP contribution in [0.3, 0.4) is 0 Å². The van der Waals surface area contributed by atoms with Crippen LogP contribution >= 0.6 is 0 Å². The number of methoxy groups -OCH3 is 2. The molecule has 0 spiro atoms. The van der Waals surface area contributed by atoms with Crippen molar-refractivity contribution < 1.29 is 14.3 Å². The van der Waals surface area contributed by atoms with E-state index in [1.165, 1.54) is 32.1 Å².